The van der Waals surface area contributed by atoms with Crippen LogP contribution in [-0.2, 0) is 14.3 Å². The second-order valence-electron chi connectivity index (χ2n) is 7.29. The number of nitrogens with one attached hydrogen (secondary N) is 2. The predicted octanol–water partition coefficient (Wildman–Crippen LogP) is 2.89. The van der Waals surface area contributed by atoms with E-state index >= 15 is 0 Å². The van der Waals surface area contributed by atoms with Crippen molar-refractivity contribution in [2.75, 3.05) is 19.8 Å². The molecule has 3 aromatic rings. The molecule has 11 nitrogen and oxygen atoms in total. The molecule has 2 amide bonds. The molecule has 1 atom stereocenters. The summed E-state index contributed by atoms with van der Waals surface area (Å²) >= 11 is 0. The van der Waals surface area contributed by atoms with Crippen LogP contribution in [0.5, 0.6) is 5.75 Å². The monoisotopic (exact) mass is 480 g/mol. The topological polar surface area (TPSA) is 134 Å². The number of nitrogens with zero attached hydrogens (tertiary/aromatic N) is 2. The lowest BCUT2D eigenvalue weighted by molar-refractivity contribution is -0.139. The third-order valence-corrected chi connectivity index (χ3v) is 5.02. The van der Waals surface area contributed by atoms with Crippen molar-refractivity contribution in [3.8, 4) is 11.4 Å². The maximum atomic E-state index is 12.8. The van der Waals surface area contributed by atoms with Gasteiger partial charge in [-0.3, -0.25) is 0 Å². The van der Waals surface area contributed by atoms with Crippen LogP contribution in [0.1, 0.15) is 36.1 Å². The smallest absolute Gasteiger partial charge is 0.362 e. The third-order valence-electron chi connectivity index (χ3n) is 5.02. The van der Waals surface area contributed by atoms with Crippen LogP contribution in [0.25, 0.3) is 5.69 Å². The first-order valence-electron chi connectivity index (χ1n) is 11.0. The number of esters is 2. The van der Waals surface area contributed by atoms with E-state index in [0.29, 0.717) is 11.4 Å². The first-order chi connectivity index (χ1) is 17.0. The molecule has 3 heterocycles. The molecule has 182 valence electrons. The van der Waals surface area contributed by atoms with Crippen LogP contribution in [0.2, 0.25) is 0 Å². The Hall–Kier alpha value is -4.54. The predicted molar refractivity (Wildman–Crippen MR) is 122 cm³/mol. The lowest BCUT2D eigenvalue weighted by Crippen LogP contribution is -2.47. The Morgan fingerprint density at radius 3 is 2.49 bits per heavy atom. The van der Waals surface area contributed by atoms with E-state index in [2.05, 4.69) is 15.7 Å². The Labute approximate surface area is 200 Å². The highest BCUT2D eigenvalue weighted by molar-refractivity contribution is 5.95. The van der Waals surface area contributed by atoms with Gasteiger partial charge in [-0.1, -0.05) is 18.2 Å². The zero-order valence-electron chi connectivity index (χ0n) is 19.1. The quantitative estimate of drug-likeness (QED) is 0.447. The fourth-order valence-corrected chi connectivity index (χ4v) is 3.52. The van der Waals surface area contributed by atoms with Crippen LogP contribution in [0.4, 0.5) is 4.79 Å². The molecular formula is C24H24N4O7. The molecule has 1 aliphatic heterocycles. The van der Waals surface area contributed by atoms with Gasteiger partial charge in [-0.15, -0.1) is 0 Å². The Morgan fingerprint density at radius 1 is 1.06 bits per heavy atom. The summed E-state index contributed by atoms with van der Waals surface area (Å²) < 4.78 is 23.1. The van der Waals surface area contributed by atoms with Crippen molar-refractivity contribution >= 4 is 18.0 Å². The molecule has 0 fully saturated rings. The summed E-state index contributed by atoms with van der Waals surface area (Å²) in [6, 6.07) is 11.0. The first kappa shape index (κ1) is 23.6. The molecule has 0 radical (unpaired) electrons. The normalized spacial score (nSPS) is 15.3. The number of aromatic nitrogens is 2. The van der Waals surface area contributed by atoms with Gasteiger partial charge in [-0.2, -0.15) is 5.10 Å². The van der Waals surface area contributed by atoms with E-state index < -0.39 is 24.0 Å². The minimum atomic E-state index is -0.882. The van der Waals surface area contributed by atoms with Gasteiger partial charge >= 0.3 is 18.0 Å². The van der Waals surface area contributed by atoms with Gasteiger partial charge in [0.05, 0.1) is 42.6 Å². The number of furan rings is 1. The van der Waals surface area contributed by atoms with Gasteiger partial charge in [-0.25, -0.2) is 19.1 Å². The molecule has 0 aliphatic carbocycles. The number of urea groups is 1. The molecule has 35 heavy (non-hydrogen) atoms. The lowest BCUT2D eigenvalue weighted by atomic mass is 10.0. The number of amides is 2. The molecular weight excluding hydrogens is 456 g/mol. The van der Waals surface area contributed by atoms with Gasteiger partial charge in [-0.05, 0) is 38.1 Å². The average molecular weight is 480 g/mol. The zero-order valence-corrected chi connectivity index (χ0v) is 19.1. The molecule has 0 bridgehead atoms. The van der Waals surface area contributed by atoms with Crippen LogP contribution >= 0.6 is 0 Å². The minimum Gasteiger partial charge on any atom is -0.483 e. The fourth-order valence-electron chi connectivity index (χ4n) is 3.52. The maximum absolute atomic E-state index is 12.8. The average Bonchev–Trinajstić information content (AvgIpc) is 3.54. The van der Waals surface area contributed by atoms with Gasteiger partial charge in [0.1, 0.15) is 18.4 Å². The number of carbonyl (C=O) groups excluding carboxylic acids is 3. The molecule has 1 aromatic carbocycles. The van der Waals surface area contributed by atoms with Gasteiger partial charge in [0, 0.05) is 0 Å². The van der Waals surface area contributed by atoms with Crippen molar-refractivity contribution in [1.82, 2.24) is 20.4 Å². The molecule has 0 saturated carbocycles. The first-order valence-corrected chi connectivity index (χ1v) is 11.0. The van der Waals surface area contributed by atoms with Crippen LogP contribution < -0.4 is 15.4 Å². The Morgan fingerprint density at radius 2 is 1.80 bits per heavy atom. The Bertz CT molecular complexity index is 1230. The molecule has 1 aliphatic rings. The number of benzene rings is 1. The van der Waals surface area contributed by atoms with Gasteiger partial charge in [0.25, 0.3) is 0 Å². The highest BCUT2D eigenvalue weighted by Gasteiger charge is 2.36. The van der Waals surface area contributed by atoms with E-state index in [-0.39, 0.29) is 42.5 Å². The van der Waals surface area contributed by atoms with E-state index in [0.717, 1.165) is 0 Å². The largest absolute Gasteiger partial charge is 0.483 e. The summed E-state index contributed by atoms with van der Waals surface area (Å²) in [6.07, 6.45) is 2.96. The number of hydrogen-bond acceptors (Lipinski definition) is 8. The van der Waals surface area contributed by atoms with Crippen LogP contribution in [0.3, 0.4) is 0 Å². The number of para-hydroxylation sites is 1. The highest BCUT2D eigenvalue weighted by atomic mass is 16.5. The van der Waals surface area contributed by atoms with E-state index in [1.165, 1.54) is 17.1 Å². The summed E-state index contributed by atoms with van der Waals surface area (Å²) in [4.78, 5) is 37.7. The van der Waals surface area contributed by atoms with E-state index in [1.807, 2.05) is 30.3 Å². The fraction of sp³-hybridized carbons (Fsp3) is 0.250. The maximum Gasteiger partial charge on any atom is 0.362 e. The summed E-state index contributed by atoms with van der Waals surface area (Å²) in [5.41, 5.74) is 0.939. The van der Waals surface area contributed by atoms with Crippen LogP contribution in [0.15, 0.2) is 70.6 Å². The van der Waals surface area contributed by atoms with Gasteiger partial charge < -0.3 is 29.3 Å². The molecule has 2 aromatic heterocycles. The number of rotatable bonds is 9. The van der Waals surface area contributed by atoms with Crippen molar-refractivity contribution in [3.63, 3.8) is 0 Å². The van der Waals surface area contributed by atoms with E-state index in [1.54, 1.807) is 26.0 Å². The van der Waals surface area contributed by atoms with Crippen LogP contribution in [-0.4, -0.2) is 47.6 Å². The second kappa shape index (κ2) is 10.6. The molecule has 2 N–H and O–H groups in total. The number of hydrogen-bond donors (Lipinski definition) is 2. The molecule has 1 unspecified atom stereocenters. The highest BCUT2D eigenvalue weighted by Crippen LogP contribution is 2.29. The van der Waals surface area contributed by atoms with Crippen molar-refractivity contribution < 1.29 is 33.0 Å². The SMILES string of the molecule is CCOC(=O)C1=C(COc2cn(-c3ccccc3)nc2C(=O)OCC)NC(=O)NC1c1ccco1. The summed E-state index contributed by atoms with van der Waals surface area (Å²) in [6.45, 7) is 3.39. The molecule has 4 rings (SSSR count). The summed E-state index contributed by atoms with van der Waals surface area (Å²) in [5.74, 6) is -0.847. The van der Waals surface area contributed by atoms with E-state index in [4.69, 9.17) is 18.6 Å². The van der Waals surface area contributed by atoms with Crippen molar-refractivity contribution in [2.24, 2.45) is 0 Å². The Balaban J connectivity index is 1.69. The zero-order chi connectivity index (χ0) is 24.8. The summed E-state index contributed by atoms with van der Waals surface area (Å²) in [7, 11) is 0. The Kier molecular flexibility index (Phi) is 7.15. The van der Waals surface area contributed by atoms with Crippen molar-refractivity contribution in [2.45, 2.75) is 19.9 Å². The summed E-state index contributed by atoms with van der Waals surface area (Å²) in [5, 5.41) is 9.57. The van der Waals surface area contributed by atoms with Gasteiger partial charge in [0.2, 0.25) is 5.69 Å². The lowest BCUT2D eigenvalue weighted by Gasteiger charge is -2.27. The number of ether oxygens (including phenoxy) is 3. The van der Waals surface area contributed by atoms with Gasteiger partial charge in [0.15, 0.2) is 5.75 Å². The molecule has 0 spiro atoms. The van der Waals surface area contributed by atoms with Crippen molar-refractivity contribution in [3.05, 3.63) is 77.6 Å². The number of carbonyl (C=O) groups is 3. The van der Waals surface area contributed by atoms with E-state index in [9.17, 15) is 14.4 Å². The molecule has 11 heteroatoms. The second-order valence-corrected chi connectivity index (χ2v) is 7.29. The van der Waals surface area contributed by atoms with Crippen molar-refractivity contribution in [1.29, 1.82) is 0 Å². The third kappa shape index (κ3) is 5.18. The minimum absolute atomic E-state index is 0.0446. The van der Waals surface area contributed by atoms with Crippen LogP contribution in [0, 0.1) is 0 Å². The standard InChI is InChI=1S/C24H24N4O7/c1-3-32-22(29)19-16(25-24(31)26-20(19)17-11-8-12-34-17)14-35-18-13-28(15-9-6-5-7-10-15)27-21(18)23(30)33-4-2/h5-13,20H,3-4,14H2,1-2H3,(H2,25,26,31). The molecule has 0 saturated heterocycles.